The molecule has 0 aliphatic heterocycles. The van der Waals surface area contributed by atoms with E-state index >= 15 is 0 Å². The molecule has 5 rings (SSSR count). The first-order chi connectivity index (χ1) is 19.0. The van der Waals surface area contributed by atoms with E-state index in [4.69, 9.17) is 4.74 Å². The maximum atomic E-state index is 13.2. The highest BCUT2D eigenvalue weighted by atomic mass is 19.1. The van der Waals surface area contributed by atoms with E-state index in [1.807, 2.05) is 36.4 Å². The number of anilines is 1. The molecule has 39 heavy (non-hydrogen) atoms. The summed E-state index contributed by atoms with van der Waals surface area (Å²) in [5, 5.41) is 15.3. The van der Waals surface area contributed by atoms with Crippen molar-refractivity contribution in [3.63, 3.8) is 0 Å². The van der Waals surface area contributed by atoms with Gasteiger partial charge < -0.3 is 25.3 Å². The number of nitriles is 1. The molecule has 2 heterocycles. The van der Waals surface area contributed by atoms with Gasteiger partial charge in [-0.1, -0.05) is 42.5 Å². The van der Waals surface area contributed by atoms with Gasteiger partial charge in [0, 0.05) is 12.6 Å². The quantitative estimate of drug-likeness (QED) is 0.229. The lowest BCUT2D eigenvalue weighted by Crippen LogP contribution is -2.27. The molecule has 0 bridgehead atoms. The zero-order valence-electron chi connectivity index (χ0n) is 20.4. The minimum Gasteiger partial charge on any atom is -0.491 e. The van der Waals surface area contributed by atoms with Crippen LogP contribution in [0.15, 0.2) is 83.8 Å². The summed E-state index contributed by atoms with van der Waals surface area (Å²) in [6.45, 7) is 0.272. The van der Waals surface area contributed by atoms with E-state index in [1.165, 1.54) is 18.3 Å². The van der Waals surface area contributed by atoms with Crippen molar-refractivity contribution in [2.75, 3.05) is 11.9 Å². The number of amides is 1. The number of aromatic amines is 2. The normalized spacial score (nSPS) is 11.5. The van der Waals surface area contributed by atoms with Crippen LogP contribution in [0.1, 0.15) is 33.4 Å². The first-order valence-electron chi connectivity index (χ1n) is 11.9. The molecule has 0 saturated heterocycles. The van der Waals surface area contributed by atoms with Crippen LogP contribution in [0.4, 0.5) is 10.2 Å². The number of hydrogen-bond donors (Lipinski definition) is 4. The maximum Gasteiger partial charge on any atom is 0.323 e. The summed E-state index contributed by atoms with van der Waals surface area (Å²) in [6.07, 6.45) is 1.28. The molecule has 0 saturated carbocycles. The van der Waals surface area contributed by atoms with Gasteiger partial charge >= 0.3 is 5.69 Å². The Bertz CT molecular complexity index is 1710. The largest absolute Gasteiger partial charge is 0.491 e. The Labute approximate surface area is 221 Å². The molecule has 0 spiro atoms. The Morgan fingerprint density at radius 1 is 1.05 bits per heavy atom. The number of fused-ring (bicyclic) bond motifs is 1. The van der Waals surface area contributed by atoms with E-state index in [0.29, 0.717) is 22.3 Å². The number of carbonyl (C=O) groups is 1. The predicted molar refractivity (Wildman–Crippen MR) is 142 cm³/mol. The lowest BCUT2D eigenvalue weighted by Gasteiger charge is -2.21. The fourth-order valence-corrected chi connectivity index (χ4v) is 3.93. The lowest BCUT2D eigenvalue weighted by atomic mass is 10.1. The molecule has 0 aliphatic rings. The van der Waals surface area contributed by atoms with Crippen molar-refractivity contribution < 1.29 is 13.9 Å². The van der Waals surface area contributed by atoms with Crippen molar-refractivity contribution >= 4 is 22.8 Å². The van der Waals surface area contributed by atoms with Crippen LogP contribution in [0.3, 0.4) is 0 Å². The van der Waals surface area contributed by atoms with E-state index in [2.05, 4.69) is 30.6 Å². The number of rotatable bonds is 9. The summed E-state index contributed by atoms with van der Waals surface area (Å²) >= 11 is 0. The third-order valence-electron chi connectivity index (χ3n) is 5.89. The van der Waals surface area contributed by atoms with Gasteiger partial charge in [-0.3, -0.25) is 4.79 Å². The smallest absolute Gasteiger partial charge is 0.323 e. The zero-order chi connectivity index (χ0) is 27.2. The zero-order valence-corrected chi connectivity index (χ0v) is 20.4. The van der Waals surface area contributed by atoms with Crippen molar-refractivity contribution in [3.05, 3.63) is 118 Å². The summed E-state index contributed by atoms with van der Waals surface area (Å²) in [5.74, 6) is -0.238. The first kappa shape index (κ1) is 25.2. The molecule has 5 aromatic rings. The predicted octanol–water partition coefficient (Wildman–Crippen LogP) is 3.82. The Kier molecular flexibility index (Phi) is 7.27. The van der Waals surface area contributed by atoms with E-state index in [1.54, 1.807) is 30.3 Å². The average Bonchev–Trinajstić information content (AvgIpc) is 3.34. The van der Waals surface area contributed by atoms with Crippen molar-refractivity contribution in [1.82, 2.24) is 25.3 Å². The van der Waals surface area contributed by atoms with Gasteiger partial charge in [0.15, 0.2) is 17.2 Å². The Morgan fingerprint density at radius 3 is 2.59 bits per heavy atom. The molecule has 10 nitrogen and oxygen atoms in total. The number of halogens is 1. The molecular formula is C28H22FN7O3. The molecule has 0 radical (unpaired) electrons. The summed E-state index contributed by atoms with van der Waals surface area (Å²) in [4.78, 5) is 38.5. The lowest BCUT2D eigenvalue weighted by molar-refractivity contribution is 0.0946. The van der Waals surface area contributed by atoms with Gasteiger partial charge in [-0.2, -0.15) is 5.26 Å². The molecular weight excluding hydrogens is 501 g/mol. The highest BCUT2D eigenvalue weighted by Crippen LogP contribution is 2.24. The van der Waals surface area contributed by atoms with Gasteiger partial charge in [0.1, 0.15) is 24.2 Å². The molecule has 1 unspecified atom stereocenters. The number of hydrogen-bond acceptors (Lipinski definition) is 7. The summed E-state index contributed by atoms with van der Waals surface area (Å²) in [5.41, 5.74) is 2.43. The topological polar surface area (TPSA) is 149 Å². The third-order valence-corrected chi connectivity index (χ3v) is 5.89. The number of imidazole rings is 1. The highest BCUT2D eigenvalue weighted by molar-refractivity contribution is 5.96. The van der Waals surface area contributed by atoms with Crippen LogP contribution in [0.2, 0.25) is 0 Å². The van der Waals surface area contributed by atoms with E-state index in [9.17, 15) is 19.2 Å². The second-order valence-corrected chi connectivity index (χ2v) is 8.58. The average molecular weight is 524 g/mol. The van der Waals surface area contributed by atoms with Crippen molar-refractivity contribution in [3.8, 4) is 11.8 Å². The molecule has 0 fully saturated rings. The van der Waals surface area contributed by atoms with Crippen LogP contribution in [0, 0.1) is 17.1 Å². The van der Waals surface area contributed by atoms with Crippen LogP contribution in [-0.4, -0.2) is 32.4 Å². The maximum absolute atomic E-state index is 13.2. The molecule has 2 aromatic heterocycles. The number of ether oxygens (including phenoxy) is 1. The van der Waals surface area contributed by atoms with Gasteiger partial charge in [-0.15, -0.1) is 0 Å². The molecule has 194 valence electrons. The number of benzene rings is 3. The van der Waals surface area contributed by atoms with Crippen LogP contribution in [0.25, 0.3) is 11.0 Å². The Balaban J connectivity index is 1.38. The van der Waals surface area contributed by atoms with Crippen molar-refractivity contribution in [2.45, 2.75) is 12.6 Å². The number of carbonyl (C=O) groups excluding carboxylic acids is 1. The molecule has 4 N–H and O–H groups in total. The van der Waals surface area contributed by atoms with E-state index in [-0.39, 0.29) is 41.9 Å². The summed E-state index contributed by atoms with van der Waals surface area (Å²) in [6, 6.07) is 21.8. The number of H-pyrrole nitrogens is 2. The first-order valence-corrected chi connectivity index (χ1v) is 11.9. The van der Waals surface area contributed by atoms with Gasteiger partial charge in [0.2, 0.25) is 0 Å². The SMILES string of the molecule is N#Cc1cnc(NC(COc2ccc3[nH]c(=O)[nH]c3c2)c2ccccc2)c(C(=O)NCc2ccc(F)cc2)n1. The van der Waals surface area contributed by atoms with Gasteiger partial charge in [0.25, 0.3) is 5.91 Å². The van der Waals surface area contributed by atoms with Crippen molar-refractivity contribution in [2.24, 2.45) is 0 Å². The minimum absolute atomic E-state index is 0.0196. The second-order valence-electron chi connectivity index (χ2n) is 8.58. The molecule has 0 aliphatic carbocycles. The summed E-state index contributed by atoms with van der Waals surface area (Å²) in [7, 11) is 0. The third kappa shape index (κ3) is 6.08. The second kappa shape index (κ2) is 11.3. The standard InChI is InChI=1S/C28H22FN7O3/c29-19-8-6-17(7-9-19)14-32-27(37)25-26(31-15-20(13-30)33-25)34-24(18-4-2-1-3-5-18)16-39-21-10-11-22-23(12-21)36-28(38)35-22/h1-12,15,24H,14,16H2,(H,31,34)(H,32,37)(H2,35,36,38). The van der Waals surface area contributed by atoms with Gasteiger partial charge in [-0.25, -0.2) is 19.2 Å². The van der Waals surface area contributed by atoms with Crippen LogP contribution >= 0.6 is 0 Å². The van der Waals surface area contributed by atoms with Crippen molar-refractivity contribution in [1.29, 1.82) is 5.26 Å². The fourth-order valence-electron chi connectivity index (χ4n) is 3.93. The van der Waals surface area contributed by atoms with Crippen LogP contribution in [-0.2, 0) is 6.54 Å². The van der Waals surface area contributed by atoms with Crippen LogP contribution in [0.5, 0.6) is 5.75 Å². The van der Waals surface area contributed by atoms with E-state index in [0.717, 1.165) is 5.56 Å². The number of nitrogens with zero attached hydrogens (tertiary/aromatic N) is 3. The van der Waals surface area contributed by atoms with Gasteiger partial charge in [-0.05, 0) is 35.4 Å². The minimum atomic E-state index is -0.555. The number of aromatic nitrogens is 4. The molecule has 11 heteroatoms. The highest BCUT2D eigenvalue weighted by Gasteiger charge is 2.21. The van der Waals surface area contributed by atoms with E-state index < -0.39 is 11.9 Å². The Hall–Kier alpha value is -5.50. The molecule has 1 amide bonds. The van der Waals surface area contributed by atoms with Gasteiger partial charge in [0.05, 0.1) is 23.3 Å². The molecule has 1 atom stereocenters. The summed E-state index contributed by atoms with van der Waals surface area (Å²) < 4.78 is 19.3. The van der Waals surface area contributed by atoms with Crippen LogP contribution < -0.4 is 21.1 Å². The fraction of sp³-hybridized carbons (Fsp3) is 0.107. The molecule has 3 aromatic carbocycles. The number of nitrogens with one attached hydrogen (secondary N) is 4. The Morgan fingerprint density at radius 2 is 1.82 bits per heavy atom. The monoisotopic (exact) mass is 523 g/mol.